The van der Waals surface area contributed by atoms with Gasteiger partial charge in [-0.1, -0.05) is 12.2 Å². The average Bonchev–Trinajstić information content (AvgIpc) is 3.23. The molecule has 5 aliphatic rings. The zero-order valence-electron chi connectivity index (χ0n) is 16.1. The number of nitrogens with zero attached hydrogens (tertiary/aromatic N) is 1. The Labute approximate surface area is 146 Å². The molecule has 23 heavy (non-hydrogen) atoms. The molecule has 0 aromatic carbocycles. The molecule has 2 unspecified atom stereocenters. The standard InChI is InChI=1S/C19H24N2OS/c1-11-5-6-13-12-3-2-4-14(18(12)22-19(13)20-11)15-7-8-17-16(21-15)9-10-23-17/h8-10,12-13,15-16,19,21H,2-7H2,1H3/t12?,13?,15-,16-,19+/m1/s1/i1D3. The number of ether oxygens (including phenoxy) is 1. The van der Waals surface area contributed by atoms with Crippen molar-refractivity contribution in [1.82, 2.24) is 5.32 Å². The molecule has 0 aromatic heterocycles. The van der Waals surface area contributed by atoms with Gasteiger partial charge in [-0.15, -0.1) is 11.8 Å². The van der Waals surface area contributed by atoms with E-state index in [4.69, 9.17) is 8.85 Å². The van der Waals surface area contributed by atoms with Crippen molar-refractivity contribution in [2.75, 3.05) is 0 Å². The maximum absolute atomic E-state index is 7.66. The second-order valence-electron chi connectivity index (χ2n) is 7.16. The van der Waals surface area contributed by atoms with Crippen molar-refractivity contribution in [2.24, 2.45) is 16.8 Å². The molecule has 1 aliphatic carbocycles. The van der Waals surface area contributed by atoms with Gasteiger partial charge in [0, 0.05) is 32.6 Å². The zero-order valence-corrected chi connectivity index (χ0v) is 13.9. The first-order chi connectivity index (χ1) is 12.5. The normalized spacial score (nSPS) is 44.2. The molecule has 4 heteroatoms. The Morgan fingerprint density at radius 3 is 3.35 bits per heavy atom. The average molecular weight is 331 g/mol. The Morgan fingerprint density at radius 1 is 1.39 bits per heavy atom. The van der Waals surface area contributed by atoms with E-state index in [0.29, 0.717) is 36.1 Å². The largest absolute Gasteiger partial charge is 0.472 e. The van der Waals surface area contributed by atoms with Gasteiger partial charge in [0.1, 0.15) is 5.76 Å². The molecule has 0 spiro atoms. The van der Waals surface area contributed by atoms with E-state index in [-0.39, 0.29) is 6.23 Å². The lowest BCUT2D eigenvalue weighted by atomic mass is 9.76. The van der Waals surface area contributed by atoms with Crippen molar-refractivity contribution in [1.29, 1.82) is 0 Å². The van der Waals surface area contributed by atoms with E-state index >= 15 is 0 Å². The first kappa shape index (κ1) is 11.5. The van der Waals surface area contributed by atoms with Crippen molar-refractivity contribution in [2.45, 2.75) is 63.7 Å². The van der Waals surface area contributed by atoms with Crippen molar-refractivity contribution in [3.63, 3.8) is 0 Å². The molecule has 4 aliphatic heterocycles. The van der Waals surface area contributed by atoms with Crippen LogP contribution in [-0.4, -0.2) is 24.0 Å². The van der Waals surface area contributed by atoms with E-state index in [2.05, 4.69) is 27.9 Å². The van der Waals surface area contributed by atoms with Gasteiger partial charge in [0.2, 0.25) is 0 Å². The number of aliphatic imine (C=N–C) groups is 1. The Morgan fingerprint density at radius 2 is 2.39 bits per heavy atom. The first-order valence-electron chi connectivity index (χ1n) is 10.3. The van der Waals surface area contributed by atoms with Crippen molar-refractivity contribution < 1.29 is 8.85 Å². The lowest BCUT2D eigenvalue weighted by Gasteiger charge is -2.33. The Hall–Kier alpha value is -1.00. The molecule has 5 rings (SSSR count). The van der Waals surface area contributed by atoms with Crippen LogP contribution in [0.15, 0.2) is 38.8 Å². The third-order valence-electron chi connectivity index (χ3n) is 5.88. The van der Waals surface area contributed by atoms with Crippen LogP contribution in [-0.2, 0) is 4.74 Å². The number of fused-ring (bicyclic) bond motifs is 4. The van der Waals surface area contributed by atoms with Crippen LogP contribution in [0.5, 0.6) is 0 Å². The number of nitrogens with one attached hydrogen (secondary N) is 1. The molecule has 1 fully saturated rings. The second-order valence-corrected chi connectivity index (χ2v) is 8.14. The molecule has 1 N–H and O–H groups in total. The second kappa shape index (κ2) is 5.52. The SMILES string of the molecule is [2H]C([2H])([2H])C1=N[C@H]2OC3=C([C@H]4CC=C5SC=C[C@H]5N4)CCCC3C2CC1. The predicted molar refractivity (Wildman–Crippen MR) is 95.2 cm³/mol. The van der Waals surface area contributed by atoms with Gasteiger partial charge in [0.15, 0.2) is 6.23 Å². The zero-order chi connectivity index (χ0) is 17.9. The highest BCUT2D eigenvalue weighted by Gasteiger charge is 2.46. The van der Waals surface area contributed by atoms with Crippen LogP contribution in [0.4, 0.5) is 0 Å². The van der Waals surface area contributed by atoms with E-state index in [1.807, 2.05) is 11.8 Å². The monoisotopic (exact) mass is 331 g/mol. The number of rotatable bonds is 1. The van der Waals surface area contributed by atoms with Crippen LogP contribution in [0.3, 0.4) is 0 Å². The molecule has 0 bridgehead atoms. The van der Waals surface area contributed by atoms with E-state index in [1.165, 1.54) is 16.9 Å². The fourth-order valence-corrected chi connectivity index (χ4v) is 5.64. The predicted octanol–water partition coefficient (Wildman–Crippen LogP) is 4.14. The van der Waals surface area contributed by atoms with Crippen LogP contribution in [0.2, 0.25) is 0 Å². The third kappa shape index (κ3) is 2.33. The molecule has 122 valence electrons. The van der Waals surface area contributed by atoms with Crippen molar-refractivity contribution >= 4 is 17.5 Å². The van der Waals surface area contributed by atoms with Gasteiger partial charge in [0.25, 0.3) is 0 Å². The van der Waals surface area contributed by atoms with Gasteiger partial charge in [0.05, 0.1) is 6.04 Å². The summed E-state index contributed by atoms with van der Waals surface area (Å²) in [7, 11) is 0. The summed E-state index contributed by atoms with van der Waals surface area (Å²) in [5, 5.41) is 5.94. The highest BCUT2D eigenvalue weighted by Crippen LogP contribution is 2.49. The fourth-order valence-electron chi connectivity index (χ4n) is 4.76. The van der Waals surface area contributed by atoms with Crippen LogP contribution < -0.4 is 5.32 Å². The lowest BCUT2D eigenvalue weighted by molar-refractivity contribution is 0.127. The van der Waals surface area contributed by atoms with Gasteiger partial charge in [-0.3, -0.25) is 10.3 Å². The quantitative estimate of drug-likeness (QED) is 0.784. The molecule has 3 nitrogen and oxygen atoms in total. The highest BCUT2D eigenvalue weighted by atomic mass is 32.2. The highest BCUT2D eigenvalue weighted by molar-refractivity contribution is 8.06. The molecular formula is C19H24N2OS. The van der Waals surface area contributed by atoms with E-state index in [9.17, 15) is 0 Å². The number of allylic oxidation sites excluding steroid dienone is 1. The molecule has 0 saturated carbocycles. The molecule has 0 radical (unpaired) electrons. The summed E-state index contributed by atoms with van der Waals surface area (Å²) >= 11 is 1.81. The maximum atomic E-state index is 7.66. The number of hydrogen-bond acceptors (Lipinski definition) is 4. The Kier molecular flexibility index (Phi) is 2.77. The maximum Gasteiger partial charge on any atom is 0.192 e. The topological polar surface area (TPSA) is 33.6 Å². The summed E-state index contributed by atoms with van der Waals surface area (Å²) in [5.41, 5.74) is 1.75. The van der Waals surface area contributed by atoms with E-state index in [0.717, 1.165) is 31.4 Å². The molecular weight excluding hydrogens is 304 g/mol. The summed E-state index contributed by atoms with van der Waals surface area (Å²) in [6.45, 7) is -2.09. The van der Waals surface area contributed by atoms with Gasteiger partial charge in [-0.2, -0.15) is 0 Å². The van der Waals surface area contributed by atoms with Crippen LogP contribution >= 0.6 is 11.8 Å². The number of thioether (sulfide) groups is 1. The van der Waals surface area contributed by atoms with Gasteiger partial charge in [-0.25, -0.2) is 0 Å². The molecule has 0 aromatic rings. The number of hydrogen-bond donors (Lipinski definition) is 1. The Balaban J connectivity index is 1.43. The van der Waals surface area contributed by atoms with Gasteiger partial charge >= 0.3 is 0 Å². The van der Waals surface area contributed by atoms with Crippen LogP contribution in [0.25, 0.3) is 0 Å². The van der Waals surface area contributed by atoms with Crippen LogP contribution in [0.1, 0.15) is 49.5 Å². The van der Waals surface area contributed by atoms with Gasteiger partial charge < -0.3 is 4.74 Å². The summed E-state index contributed by atoms with van der Waals surface area (Å²) < 4.78 is 29.3. The summed E-state index contributed by atoms with van der Waals surface area (Å²) in [4.78, 5) is 5.93. The summed E-state index contributed by atoms with van der Waals surface area (Å²) in [6, 6.07) is 0.673. The van der Waals surface area contributed by atoms with E-state index in [1.54, 1.807) is 0 Å². The van der Waals surface area contributed by atoms with Crippen molar-refractivity contribution in [3.8, 4) is 0 Å². The van der Waals surface area contributed by atoms with Crippen molar-refractivity contribution in [3.05, 3.63) is 33.8 Å². The lowest BCUT2D eigenvalue weighted by Crippen LogP contribution is -2.42. The Bertz CT molecular complexity index is 740. The molecule has 5 atom stereocenters. The summed E-state index contributed by atoms with van der Waals surface area (Å²) in [6.07, 6.45) is 10.2. The fraction of sp³-hybridized carbons (Fsp3) is 0.632. The molecule has 4 heterocycles. The molecule has 0 amide bonds. The third-order valence-corrected chi connectivity index (χ3v) is 6.87. The minimum absolute atomic E-state index is 0.288. The van der Waals surface area contributed by atoms with E-state index < -0.39 is 6.85 Å². The van der Waals surface area contributed by atoms with Gasteiger partial charge in [-0.05, 0) is 56.4 Å². The first-order valence-corrected chi connectivity index (χ1v) is 9.65. The minimum atomic E-state index is -2.09. The summed E-state index contributed by atoms with van der Waals surface area (Å²) in [5.74, 6) is 1.90. The van der Waals surface area contributed by atoms with Crippen LogP contribution in [0, 0.1) is 11.8 Å². The molecule has 1 saturated heterocycles. The minimum Gasteiger partial charge on any atom is -0.472 e. The smallest absolute Gasteiger partial charge is 0.192 e.